The van der Waals surface area contributed by atoms with Gasteiger partial charge >= 0.3 is 0 Å². The van der Waals surface area contributed by atoms with E-state index in [2.05, 4.69) is 69.7 Å². The maximum absolute atomic E-state index is 4.77. The highest BCUT2D eigenvalue weighted by Crippen LogP contribution is 2.16. The Hall–Kier alpha value is -2.66. The van der Waals surface area contributed by atoms with Gasteiger partial charge in [-0.15, -0.1) is 0 Å². The first kappa shape index (κ1) is 15.8. The molecule has 128 valence electrons. The molecule has 5 nitrogen and oxygen atoms in total. The lowest BCUT2D eigenvalue weighted by Crippen LogP contribution is -2.22. The summed E-state index contributed by atoms with van der Waals surface area (Å²) in [6, 6.07) is 16.6. The Kier molecular flexibility index (Phi) is 4.24. The van der Waals surface area contributed by atoms with Crippen LogP contribution in [0.15, 0.2) is 48.5 Å². The number of fused-ring (bicyclic) bond motifs is 2. The van der Waals surface area contributed by atoms with Crippen molar-refractivity contribution in [2.45, 2.75) is 33.5 Å². The van der Waals surface area contributed by atoms with Gasteiger partial charge in [0.15, 0.2) is 0 Å². The Morgan fingerprint density at radius 2 is 1.52 bits per heavy atom. The van der Waals surface area contributed by atoms with Crippen LogP contribution in [0.3, 0.4) is 0 Å². The van der Waals surface area contributed by atoms with E-state index < -0.39 is 0 Å². The number of nitrogens with zero attached hydrogens (tertiary/aromatic N) is 4. The topological polar surface area (TPSA) is 47.7 Å². The second-order valence-electron chi connectivity index (χ2n) is 6.24. The van der Waals surface area contributed by atoms with Gasteiger partial charge in [-0.25, -0.2) is 9.97 Å². The van der Waals surface area contributed by atoms with E-state index in [4.69, 9.17) is 4.98 Å². The van der Waals surface area contributed by atoms with Crippen molar-refractivity contribution in [2.24, 2.45) is 0 Å². The Labute approximate surface area is 147 Å². The molecule has 25 heavy (non-hydrogen) atoms. The van der Waals surface area contributed by atoms with E-state index in [1.54, 1.807) is 0 Å². The quantitative estimate of drug-likeness (QED) is 0.549. The fourth-order valence-corrected chi connectivity index (χ4v) is 3.48. The van der Waals surface area contributed by atoms with Gasteiger partial charge in [-0.1, -0.05) is 24.3 Å². The summed E-state index contributed by atoms with van der Waals surface area (Å²) in [7, 11) is 0. The number of aromatic nitrogens is 4. The van der Waals surface area contributed by atoms with Crippen molar-refractivity contribution in [2.75, 3.05) is 6.54 Å². The summed E-state index contributed by atoms with van der Waals surface area (Å²) in [6.45, 7) is 7.72. The highest BCUT2D eigenvalue weighted by molar-refractivity contribution is 5.76. The Morgan fingerprint density at radius 3 is 2.24 bits per heavy atom. The SMILES string of the molecule is CCn1c(CNCCn2c(C)nc3ccccc32)nc2ccccc21. The number of aryl methyl sites for hydroxylation is 2. The number of rotatable bonds is 6. The fraction of sp³-hybridized carbons (Fsp3) is 0.300. The third-order valence-electron chi connectivity index (χ3n) is 4.69. The molecule has 2 heterocycles. The van der Waals surface area contributed by atoms with E-state index in [1.807, 2.05) is 12.1 Å². The minimum absolute atomic E-state index is 0.772. The van der Waals surface area contributed by atoms with Crippen molar-refractivity contribution in [1.29, 1.82) is 0 Å². The molecule has 0 fully saturated rings. The molecule has 0 amide bonds. The number of nitrogens with one attached hydrogen (secondary N) is 1. The molecule has 2 aromatic heterocycles. The first-order chi connectivity index (χ1) is 12.3. The van der Waals surface area contributed by atoms with Crippen LogP contribution in [0.25, 0.3) is 22.1 Å². The van der Waals surface area contributed by atoms with Gasteiger partial charge in [0.25, 0.3) is 0 Å². The van der Waals surface area contributed by atoms with Crippen LogP contribution in [0.2, 0.25) is 0 Å². The van der Waals surface area contributed by atoms with E-state index in [0.29, 0.717) is 0 Å². The summed E-state index contributed by atoms with van der Waals surface area (Å²) in [6.07, 6.45) is 0. The number of imidazole rings is 2. The smallest absolute Gasteiger partial charge is 0.123 e. The molecule has 0 radical (unpaired) electrons. The van der Waals surface area contributed by atoms with Gasteiger partial charge in [0.2, 0.25) is 0 Å². The van der Waals surface area contributed by atoms with Gasteiger partial charge in [-0.2, -0.15) is 0 Å². The zero-order valence-electron chi connectivity index (χ0n) is 14.7. The van der Waals surface area contributed by atoms with Crippen molar-refractivity contribution in [3.63, 3.8) is 0 Å². The maximum atomic E-state index is 4.77. The molecule has 0 atom stereocenters. The molecular weight excluding hydrogens is 310 g/mol. The molecule has 0 bridgehead atoms. The third kappa shape index (κ3) is 2.91. The molecule has 4 aromatic rings. The Morgan fingerprint density at radius 1 is 0.880 bits per heavy atom. The average Bonchev–Trinajstić information content (AvgIpc) is 3.15. The lowest BCUT2D eigenvalue weighted by molar-refractivity contribution is 0.570. The number of hydrogen-bond acceptors (Lipinski definition) is 3. The second kappa shape index (κ2) is 6.69. The molecule has 0 saturated heterocycles. The molecule has 4 rings (SSSR count). The zero-order chi connectivity index (χ0) is 17.2. The molecule has 1 N–H and O–H groups in total. The first-order valence-corrected chi connectivity index (χ1v) is 8.84. The molecule has 0 aliphatic carbocycles. The largest absolute Gasteiger partial charge is 0.327 e. The third-order valence-corrected chi connectivity index (χ3v) is 4.69. The molecule has 0 unspecified atom stereocenters. The summed E-state index contributed by atoms with van der Waals surface area (Å²) in [5.41, 5.74) is 4.53. The minimum Gasteiger partial charge on any atom is -0.327 e. The summed E-state index contributed by atoms with van der Waals surface area (Å²) in [4.78, 5) is 9.39. The number of benzene rings is 2. The van der Waals surface area contributed by atoms with Gasteiger partial charge < -0.3 is 14.5 Å². The standard InChI is InChI=1S/C20H23N5/c1-3-24-18-10-6-5-9-17(18)23-20(24)14-21-12-13-25-15(2)22-16-8-4-7-11-19(16)25/h4-11,21H,3,12-14H2,1-2H3. The van der Waals surface area contributed by atoms with Gasteiger partial charge in [-0.3, -0.25) is 0 Å². The van der Waals surface area contributed by atoms with Crippen LogP contribution < -0.4 is 5.32 Å². The molecule has 0 saturated carbocycles. The van der Waals surface area contributed by atoms with Crippen LogP contribution in [0.4, 0.5) is 0 Å². The highest BCUT2D eigenvalue weighted by Gasteiger charge is 2.09. The Balaban J connectivity index is 1.45. The van der Waals surface area contributed by atoms with Crippen LogP contribution >= 0.6 is 0 Å². The van der Waals surface area contributed by atoms with Crippen molar-refractivity contribution < 1.29 is 0 Å². The number of para-hydroxylation sites is 4. The fourth-order valence-electron chi connectivity index (χ4n) is 3.48. The molecule has 0 aliphatic heterocycles. The zero-order valence-corrected chi connectivity index (χ0v) is 14.7. The van der Waals surface area contributed by atoms with Crippen LogP contribution in [0.1, 0.15) is 18.6 Å². The van der Waals surface area contributed by atoms with Gasteiger partial charge in [0.1, 0.15) is 11.6 Å². The highest BCUT2D eigenvalue weighted by atomic mass is 15.1. The predicted octanol–water partition coefficient (Wildman–Crippen LogP) is 3.50. The first-order valence-electron chi connectivity index (χ1n) is 8.84. The van der Waals surface area contributed by atoms with E-state index >= 15 is 0 Å². The van der Waals surface area contributed by atoms with Crippen molar-refractivity contribution in [1.82, 2.24) is 24.4 Å². The number of hydrogen-bond donors (Lipinski definition) is 1. The second-order valence-corrected chi connectivity index (χ2v) is 6.24. The predicted molar refractivity (Wildman–Crippen MR) is 102 cm³/mol. The Bertz CT molecular complexity index is 1010. The van der Waals surface area contributed by atoms with Crippen molar-refractivity contribution in [3.05, 3.63) is 60.2 Å². The van der Waals surface area contributed by atoms with Crippen molar-refractivity contribution >= 4 is 22.1 Å². The monoisotopic (exact) mass is 333 g/mol. The van der Waals surface area contributed by atoms with Gasteiger partial charge in [0, 0.05) is 19.6 Å². The van der Waals surface area contributed by atoms with E-state index in [-0.39, 0.29) is 0 Å². The minimum atomic E-state index is 0.772. The lowest BCUT2D eigenvalue weighted by Gasteiger charge is -2.10. The molecular formula is C20H23N5. The van der Waals surface area contributed by atoms with Crippen LogP contribution in [0.5, 0.6) is 0 Å². The summed E-state index contributed by atoms with van der Waals surface area (Å²) in [5, 5.41) is 3.54. The normalized spacial score (nSPS) is 11.6. The molecule has 0 aliphatic rings. The maximum Gasteiger partial charge on any atom is 0.123 e. The summed E-state index contributed by atoms with van der Waals surface area (Å²) < 4.78 is 4.55. The van der Waals surface area contributed by atoms with Crippen LogP contribution in [0, 0.1) is 6.92 Å². The molecule has 0 spiro atoms. The van der Waals surface area contributed by atoms with Gasteiger partial charge in [0.05, 0.1) is 28.6 Å². The summed E-state index contributed by atoms with van der Waals surface area (Å²) in [5.74, 6) is 2.15. The van der Waals surface area contributed by atoms with E-state index in [1.165, 1.54) is 11.0 Å². The van der Waals surface area contributed by atoms with Crippen LogP contribution in [-0.2, 0) is 19.6 Å². The summed E-state index contributed by atoms with van der Waals surface area (Å²) >= 11 is 0. The molecule has 2 aromatic carbocycles. The molecule has 5 heteroatoms. The van der Waals surface area contributed by atoms with E-state index in [9.17, 15) is 0 Å². The van der Waals surface area contributed by atoms with Crippen molar-refractivity contribution in [3.8, 4) is 0 Å². The van der Waals surface area contributed by atoms with Gasteiger partial charge in [-0.05, 0) is 38.1 Å². The van der Waals surface area contributed by atoms with E-state index in [0.717, 1.165) is 48.9 Å². The lowest BCUT2D eigenvalue weighted by atomic mass is 10.3. The van der Waals surface area contributed by atoms with Crippen LogP contribution in [-0.4, -0.2) is 25.6 Å². The average molecular weight is 333 g/mol.